The lowest BCUT2D eigenvalue weighted by Gasteiger charge is -2.47. The first-order chi connectivity index (χ1) is 10.2. The van der Waals surface area contributed by atoms with Crippen LogP contribution in [-0.2, 0) is 5.41 Å². The largest absolute Gasteiger partial charge is 0.384 e. The summed E-state index contributed by atoms with van der Waals surface area (Å²) in [7, 11) is 2.20. The number of benzene rings is 2. The Morgan fingerprint density at radius 2 is 1.38 bits per heavy atom. The lowest BCUT2D eigenvalue weighted by Crippen LogP contribution is -2.44. The predicted molar refractivity (Wildman–Crippen MR) is 84.5 cm³/mol. The van der Waals surface area contributed by atoms with Gasteiger partial charge in [-0.1, -0.05) is 48.5 Å². The van der Waals surface area contributed by atoms with Crippen LogP contribution in [0.2, 0.25) is 0 Å². The molecule has 0 aromatic heterocycles. The molecule has 0 atom stereocenters. The Morgan fingerprint density at radius 1 is 0.905 bits per heavy atom. The van der Waals surface area contributed by atoms with E-state index in [2.05, 4.69) is 48.3 Å². The number of piperidine rings is 1. The van der Waals surface area contributed by atoms with Gasteiger partial charge in [-0.05, 0) is 55.2 Å². The molecular formula is C19H21NO. The topological polar surface area (TPSA) is 23.5 Å². The summed E-state index contributed by atoms with van der Waals surface area (Å²) >= 11 is 0. The van der Waals surface area contributed by atoms with Crippen LogP contribution in [0.1, 0.15) is 41.2 Å². The van der Waals surface area contributed by atoms with Crippen LogP contribution in [0.4, 0.5) is 0 Å². The molecule has 1 aliphatic carbocycles. The van der Waals surface area contributed by atoms with E-state index in [1.54, 1.807) is 0 Å². The van der Waals surface area contributed by atoms with Crippen molar-refractivity contribution in [3.05, 3.63) is 70.8 Å². The second-order valence-corrected chi connectivity index (χ2v) is 6.46. The first kappa shape index (κ1) is 13.1. The van der Waals surface area contributed by atoms with Crippen molar-refractivity contribution in [1.29, 1.82) is 0 Å². The Bertz CT molecular complexity index is 621. The Labute approximate surface area is 126 Å². The minimum atomic E-state index is -0.484. The zero-order valence-corrected chi connectivity index (χ0v) is 12.4. The van der Waals surface area contributed by atoms with E-state index >= 15 is 0 Å². The lowest BCUT2D eigenvalue weighted by molar-refractivity contribution is 0.178. The maximum Gasteiger partial charge on any atom is 0.105 e. The van der Waals surface area contributed by atoms with E-state index < -0.39 is 6.10 Å². The number of hydrogen-bond acceptors (Lipinski definition) is 2. The van der Waals surface area contributed by atoms with Gasteiger partial charge in [0.05, 0.1) is 0 Å². The van der Waals surface area contributed by atoms with Gasteiger partial charge in [-0.2, -0.15) is 0 Å². The normalized spacial score (nSPS) is 21.0. The van der Waals surface area contributed by atoms with Gasteiger partial charge in [0, 0.05) is 5.41 Å². The third kappa shape index (κ3) is 1.79. The Hall–Kier alpha value is -1.64. The maximum absolute atomic E-state index is 10.8. The molecule has 4 rings (SSSR count). The third-order valence-corrected chi connectivity index (χ3v) is 5.38. The molecule has 0 radical (unpaired) electrons. The molecule has 0 amide bonds. The summed E-state index contributed by atoms with van der Waals surface area (Å²) in [6, 6.07) is 16.9. The second-order valence-electron chi connectivity index (χ2n) is 6.46. The summed E-state index contributed by atoms with van der Waals surface area (Å²) in [5, 5.41) is 10.8. The van der Waals surface area contributed by atoms with Crippen molar-refractivity contribution < 1.29 is 5.11 Å². The Kier molecular flexibility index (Phi) is 2.91. The fourth-order valence-corrected chi connectivity index (χ4v) is 4.19. The van der Waals surface area contributed by atoms with E-state index in [4.69, 9.17) is 0 Å². The highest BCUT2D eigenvalue weighted by atomic mass is 16.3. The molecule has 1 heterocycles. The number of aliphatic hydroxyl groups excluding tert-OH is 1. The molecule has 1 N–H and O–H groups in total. The average molecular weight is 279 g/mol. The van der Waals surface area contributed by atoms with Gasteiger partial charge >= 0.3 is 0 Å². The van der Waals surface area contributed by atoms with Gasteiger partial charge in [-0.3, -0.25) is 0 Å². The van der Waals surface area contributed by atoms with Gasteiger partial charge in [0.15, 0.2) is 0 Å². The molecular weight excluding hydrogens is 258 g/mol. The molecule has 1 aliphatic heterocycles. The van der Waals surface area contributed by atoms with Gasteiger partial charge in [0.2, 0.25) is 0 Å². The van der Waals surface area contributed by atoms with Crippen LogP contribution in [0.3, 0.4) is 0 Å². The minimum absolute atomic E-state index is 0.0823. The molecule has 21 heavy (non-hydrogen) atoms. The zero-order chi connectivity index (χ0) is 14.4. The number of fused-ring (bicyclic) bond motifs is 4. The number of rotatable bonds is 0. The van der Waals surface area contributed by atoms with E-state index in [9.17, 15) is 5.11 Å². The fraction of sp³-hybridized carbons (Fsp3) is 0.368. The molecule has 2 aliphatic rings. The highest BCUT2D eigenvalue weighted by Crippen LogP contribution is 2.50. The quantitative estimate of drug-likeness (QED) is 0.801. The van der Waals surface area contributed by atoms with Crippen molar-refractivity contribution in [2.75, 3.05) is 20.1 Å². The smallest absolute Gasteiger partial charge is 0.105 e. The predicted octanol–water partition coefficient (Wildman–Crippen LogP) is 3.09. The number of nitrogens with zero attached hydrogens (tertiary/aromatic N) is 1. The first-order valence-corrected chi connectivity index (χ1v) is 7.78. The fourth-order valence-electron chi connectivity index (χ4n) is 4.19. The SMILES string of the molecule is CN1CCC2(CC1)c1ccccc1C(O)c1ccccc12. The van der Waals surface area contributed by atoms with E-state index in [1.807, 2.05) is 12.1 Å². The van der Waals surface area contributed by atoms with Crippen molar-refractivity contribution in [2.24, 2.45) is 0 Å². The van der Waals surface area contributed by atoms with E-state index in [0.29, 0.717) is 0 Å². The molecule has 2 aromatic carbocycles. The molecule has 1 saturated heterocycles. The Morgan fingerprint density at radius 3 is 1.90 bits per heavy atom. The minimum Gasteiger partial charge on any atom is -0.384 e. The standard InChI is InChI=1S/C19H21NO/c1-20-12-10-19(11-13-20)16-8-4-2-6-14(16)18(21)15-7-3-5-9-17(15)19/h2-9,18,21H,10-13H2,1H3. The van der Waals surface area contributed by atoms with Crippen molar-refractivity contribution in [2.45, 2.75) is 24.4 Å². The molecule has 0 bridgehead atoms. The molecule has 0 unspecified atom stereocenters. The van der Waals surface area contributed by atoms with Crippen LogP contribution in [-0.4, -0.2) is 30.1 Å². The molecule has 1 fully saturated rings. The van der Waals surface area contributed by atoms with Crippen LogP contribution in [0.5, 0.6) is 0 Å². The maximum atomic E-state index is 10.8. The zero-order valence-electron chi connectivity index (χ0n) is 12.4. The van der Waals surface area contributed by atoms with Crippen molar-refractivity contribution >= 4 is 0 Å². The lowest BCUT2D eigenvalue weighted by atomic mass is 9.61. The second kappa shape index (κ2) is 4.69. The summed E-state index contributed by atoms with van der Waals surface area (Å²) in [5.41, 5.74) is 4.95. The molecule has 2 nitrogen and oxygen atoms in total. The van der Waals surface area contributed by atoms with Crippen molar-refractivity contribution in [3.8, 4) is 0 Å². The first-order valence-electron chi connectivity index (χ1n) is 7.78. The van der Waals surface area contributed by atoms with Crippen LogP contribution in [0.15, 0.2) is 48.5 Å². The van der Waals surface area contributed by atoms with Gasteiger partial charge in [-0.15, -0.1) is 0 Å². The molecule has 0 saturated carbocycles. The summed E-state index contributed by atoms with van der Waals surface area (Å²) in [6.07, 6.45) is 1.77. The van der Waals surface area contributed by atoms with Crippen molar-refractivity contribution in [3.63, 3.8) is 0 Å². The summed E-state index contributed by atoms with van der Waals surface area (Å²) in [6.45, 7) is 2.22. The Balaban J connectivity index is 1.96. The van der Waals surface area contributed by atoms with Crippen LogP contribution < -0.4 is 0 Å². The molecule has 1 spiro atoms. The summed E-state index contributed by atoms with van der Waals surface area (Å²) in [5.74, 6) is 0. The van der Waals surface area contributed by atoms with Crippen LogP contribution in [0.25, 0.3) is 0 Å². The molecule has 108 valence electrons. The number of aliphatic hydroxyl groups is 1. The number of hydrogen-bond donors (Lipinski definition) is 1. The summed E-state index contributed by atoms with van der Waals surface area (Å²) < 4.78 is 0. The molecule has 2 heteroatoms. The monoisotopic (exact) mass is 279 g/mol. The third-order valence-electron chi connectivity index (χ3n) is 5.38. The highest BCUT2D eigenvalue weighted by molar-refractivity contribution is 5.55. The van der Waals surface area contributed by atoms with Gasteiger partial charge in [0.25, 0.3) is 0 Å². The highest BCUT2D eigenvalue weighted by Gasteiger charge is 2.44. The van der Waals surface area contributed by atoms with Gasteiger partial charge in [-0.25, -0.2) is 0 Å². The average Bonchev–Trinajstić information content (AvgIpc) is 2.55. The van der Waals surface area contributed by atoms with E-state index in [1.165, 1.54) is 11.1 Å². The number of likely N-dealkylation sites (tertiary alicyclic amines) is 1. The van der Waals surface area contributed by atoms with Gasteiger partial charge < -0.3 is 10.0 Å². The molecule has 2 aromatic rings. The van der Waals surface area contributed by atoms with E-state index in [-0.39, 0.29) is 5.41 Å². The van der Waals surface area contributed by atoms with Gasteiger partial charge in [0.1, 0.15) is 6.10 Å². The van der Waals surface area contributed by atoms with E-state index in [0.717, 1.165) is 37.1 Å². The van der Waals surface area contributed by atoms with Crippen molar-refractivity contribution in [1.82, 2.24) is 4.90 Å². The van der Waals surface area contributed by atoms with Crippen LogP contribution in [0, 0.1) is 0 Å². The summed E-state index contributed by atoms with van der Waals surface area (Å²) in [4.78, 5) is 2.40. The van der Waals surface area contributed by atoms with Crippen LogP contribution >= 0.6 is 0 Å².